The zero-order chi connectivity index (χ0) is 22.7. The average molecular weight is 469 g/mol. The summed E-state index contributed by atoms with van der Waals surface area (Å²) < 4.78 is 10.9. The smallest absolute Gasteiger partial charge is 0.255 e. The van der Waals surface area contributed by atoms with E-state index < -0.39 is 0 Å². The quantitative estimate of drug-likeness (QED) is 0.525. The van der Waals surface area contributed by atoms with E-state index in [9.17, 15) is 9.59 Å². The van der Waals surface area contributed by atoms with Gasteiger partial charge in [0.2, 0.25) is 5.91 Å². The third-order valence-electron chi connectivity index (χ3n) is 5.09. The van der Waals surface area contributed by atoms with Crippen molar-refractivity contribution in [2.45, 2.75) is 5.37 Å². The summed E-state index contributed by atoms with van der Waals surface area (Å²) in [5.74, 6) is 1.19. The summed E-state index contributed by atoms with van der Waals surface area (Å²) in [6.45, 7) is 0. The number of methoxy groups -OCH3 is 2. The predicted molar refractivity (Wildman–Crippen MR) is 128 cm³/mol. The first-order valence-corrected chi connectivity index (χ1v) is 11.3. The van der Waals surface area contributed by atoms with Crippen molar-refractivity contribution in [1.29, 1.82) is 0 Å². The number of thioether (sulfide) groups is 1. The van der Waals surface area contributed by atoms with Gasteiger partial charge in [-0.05, 0) is 42.5 Å². The molecule has 32 heavy (non-hydrogen) atoms. The number of nitrogens with one attached hydrogen (secondary N) is 1. The van der Waals surface area contributed by atoms with Gasteiger partial charge in [-0.15, -0.1) is 11.8 Å². The van der Waals surface area contributed by atoms with E-state index in [1.165, 1.54) is 11.8 Å². The fourth-order valence-electron chi connectivity index (χ4n) is 3.52. The molecule has 1 heterocycles. The third-order valence-corrected chi connectivity index (χ3v) is 6.54. The van der Waals surface area contributed by atoms with Crippen LogP contribution >= 0.6 is 23.4 Å². The normalized spacial score (nSPS) is 15.5. The molecule has 4 rings (SSSR count). The van der Waals surface area contributed by atoms with E-state index in [-0.39, 0.29) is 17.2 Å². The van der Waals surface area contributed by atoms with Crippen molar-refractivity contribution in [3.05, 3.63) is 82.9 Å². The van der Waals surface area contributed by atoms with Crippen molar-refractivity contribution in [3.8, 4) is 11.5 Å². The Labute approximate surface area is 195 Å². The van der Waals surface area contributed by atoms with Crippen LogP contribution < -0.4 is 19.7 Å². The molecule has 1 saturated heterocycles. The highest BCUT2D eigenvalue weighted by Gasteiger charge is 2.37. The van der Waals surface area contributed by atoms with Gasteiger partial charge in [0.1, 0.15) is 16.9 Å². The molecule has 2 amide bonds. The molecule has 164 valence electrons. The molecule has 0 saturated carbocycles. The van der Waals surface area contributed by atoms with Crippen molar-refractivity contribution in [2.75, 3.05) is 30.2 Å². The Morgan fingerprint density at radius 2 is 1.81 bits per heavy atom. The SMILES string of the molecule is COc1ccc(OC)c(N2C(=O)CS[C@H]2c2ccccc2NC(=O)c2ccc(Cl)cc2)c1. The van der Waals surface area contributed by atoms with Crippen molar-refractivity contribution < 1.29 is 19.1 Å². The molecule has 1 aliphatic rings. The van der Waals surface area contributed by atoms with Crippen LogP contribution in [0.2, 0.25) is 5.02 Å². The summed E-state index contributed by atoms with van der Waals surface area (Å²) in [7, 11) is 3.14. The molecule has 0 radical (unpaired) electrons. The molecule has 0 bridgehead atoms. The first-order valence-electron chi connectivity index (χ1n) is 9.83. The maximum atomic E-state index is 12.9. The van der Waals surface area contributed by atoms with Gasteiger partial charge in [-0.2, -0.15) is 0 Å². The van der Waals surface area contributed by atoms with Crippen LogP contribution in [0.3, 0.4) is 0 Å². The summed E-state index contributed by atoms with van der Waals surface area (Å²) in [5, 5.41) is 3.19. The van der Waals surface area contributed by atoms with Gasteiger partial charge in [-0.3, -0.25) is 14.5 Å². The minimum absolute atomic E-state index is 0.0506. The number of halogens is 1. The summed E-state index contributed by atoms with van der Waals surface area (Å²) in [6, 6.07) is 19.5. The number of amides is 2. The maximum Gasteiger partial charge on any atom is 0.255 e. The van der Waals surface area contributed by atoms with E-state index in [0.29, 0.717) is 39.2 Å². The fraction of sp³-hybridized carbons (Fsp3) is 0.167. The first-order chi connectivity index (χ1) is 15.5. The van der Waals surface area contributed by atoms with Crippen LogP contribution in [0.25, 0.3) is 0 Å². The molecule has 0 unspecified atom stereocenters. The highest BCUT2D eigenvalue weighted by atomic mass is 35.5. The van der Waals surface area contributed by atoms with Crippen LogP contribution in [0.1, 0.15) is 21.3 Å². The molecule has 3 aromatic carbocycles. The Bertz CT molecular complexity index is 1150. The van der Waals surface area contributed by atoms with E-state index >= 15 is 0 Å². The molecule has 3 aromatic rings. The van der Waals surface area contributed by atoms with Crippen LogP contribution in [0.15, 0.2) is 66.7 Å². The van der Waals surface area contributed by atoms with E-state index in [1.54, 1.807) is 61.6 Å². The number of ether oxygens (including phenoxy) is 2. The minimum Gasteiger partial charge on any atom is -0.497 e. The third kappa shape index (κ3) is 4.40. The summed E-state index contributed by atoms with van der Waals surface area (Å²) >= 11 is 7.42. The molecule has 1 atom stereocenters. The number of para-hydroxylation sites is 1. The number of anilines is 2. The summed E-state index contributed by atoms with van der Waals surface area (Å²) in [6.07, 6.45) is 0. The summed E-state index contributed by atoms with van der Waals surface area (Å²) in [5.41, 5.74) is 2.55. The molecule has 0 spiro atoms. The predicted octanol–water partition coefficient (Wildman–Crippen LogP) is 5.39. The van der Waals surface area contributed by atoms with Gasteiger partial charge < -0.3 is 14.8 Å². The van der Waals surface area contributed by atoms with Gasteiger partial charge >= 0.3 is 0 Å². The second kappa shape index (κ2) is 9.54. The van der Waals surface area contributed by atoms with Gasteiger partial charge in [0, 0.05) is 27.9 Å². The van der Waals surface area contributed by atoms with Gasteiger partial charge in [0.05, 0.1) is 25.7 Å². The lowest BCUT2D eigenvalue weighted by Gasteiger charge is -2.27. The number of hydrogen-bond donors (Lipinski definition) is 1. The lowest BCUT2D eigenvalue weighted by atomic mass is 10.1. The van der Waals surface area contributed by atoms with Crippen LogP contribution in [0.5, 0.6) is 11.5 Å². The monoisotopic (exact) mass is 468 g/mol. The van der Waals surface area contributed by atoms with Gasteiger partial charge in [-0.1, -0.05) is 29.8 Å². The Kier molecular flexibility index (Phi) is 6.58. The van der Waals surface area contributed by atoms with E-state index in [2.05, 4.69) is 5.32 Å². The summed E-state index contributed by atoms with van der Waals surface area (Å²) in [4.78, 5) is 27.4. The number of hydrogen-bond acceptors (Lipinski definition) is 5. The lowest BCUT2D eigenvalue weighted by Crippen LogP contribution is -2.29. The Hall–Kier alpha value is -3.16. The van der Waals surface area contributed by atoms with Gasteiger partial charge in [0.25, 0.3) is 5.91 Å². The maximum absolute atomic E-state index is 12.9. The largest absolute Gasteiger partial charge is 0.497 e. The number of carbonyl (C=O) groups is 2. The molecule has 0 aromatic heterocycles. The van der Waals surface area contributed by atoms with E-state index in [1.807, 2.05) is 24.3 Å². The Morgan fingerprint density at radius 1 is 1.06 bits per heavy atom. The van der Waals surface area contributed by atoms with Crippen molar-refractivity contribution >= 4 is 46.6 Å². The minimum atomic E-state index is -0.342. The zero-order valence-corrected chi connectivity index (χ0v) is 19.1. The zero-order valence-electron chi connectivity index (χ0n) is 17.5. The Balaban J connectivity index is 1.70. The van der Waals surface area contributed by atoms with Crippen LogP contribution in [0.4, 0.5) is 11.4 Å². The van der Waals surface area contributed by atoms with Gasteiger partial charge in [-0.25, -0.2) is 0 Å². The molecule has 1 fully saturated rings. The first kappa shape index (κ1) is 22.0. The van der Waals surface area contributed by atoms with Crippen molar-refractivity contribution in [1.82, 2.24) is 0 Å². The molecular weight excluding hydrogens is 448 g/mol. The standard InChI is InChI=1S/C24H21ClN2O4S/c1-30-17-11-12-21(31-2)20(13-17)27-22(28)14-32-24(27)18-5-3-4-6-19(18)26-23(29)15-7-9-16(25)10-8-15/h3-13,24H,14H2,1-2H3,(H,26,29)/t24-/m0/s1. The van der Waals surface area contributed by atoms with E-state index in [4.69, 9.17) is 21.1 Å². The molecule has 6 nitrogen and oxygen atoms in total. The van der Waals surface area contributed by atoms with Gasteiger partial charge in [0.15, 0.2) is 0 Å². The molecular formula is C24H21ClN2O4S. The second-order valence-electron chi connectivity index (χ2n) is 7.01. The second-order valence-corrected chi connectivity index (χ2v) is 8.52. The lowest BCUT2D eigenvalue weighted by molar-refractivity contribution is -0.115. The highest BCUT2D eigenvalue weighted by molar-refractivity contribution is 8.00. The molecule has 1 aliphatic heterocycles. The number of benzene rings is 3. The number of rotatable bonds is 6. The van der Waals surface area contributed by atoms with Crippen LogP contribution in [0, 0.1) is 0 Å². The van der Waals surface area contributed by atoms with Crippen molar-refractivity contribution in [2.24, 2.45) is 0 Å². The van der Waals surface area contributed by atoms with Crippen LogP contribution in [-0.2, 0) is 4.79 Å². The molecule has 8 heteroatoms. The van der Waals surface area contributed by atoms with E-state index in [0.717, 1.165) is 5.56 Å². The average Bonchev–Trinajstić information content (AvgIpc) is 3.20. The Morgan fingerprint density at radius 3 is 2.53 bits per heavy atom. The number of carbonyl (C=O) groups excluding carboxylic acids is 2. The molecule has 0 aliphatic carbocycles. The van der Waals surface area contributed by atoms with Crippen LogP contribution in [-0.4, -0.2) is 31.8 Å². The number of nitrogens with zero attached hydrogens (tertiary/aromatic N) is 1. The van der Waals surface area contributed by atoms with Crippen molar-refractivity contribution in [3.63, 3.8) is 0 Å². The topological polar surface area (TPSA) is 67.9 Å². The molecule has 1 N–H and O–H groups in total. The highest BCUT2D eigenvalue weighted by Crippen LogP contribution is 2.47. The fourth-order valence-corrected chi connectivity index (χ4v) is 4.85.